The van der Waals surface area contributed by atoms with E-state index in [1.165, 1.54) is 30.3 Å². The smallest absolute Gasteiger partial charge is 0.271 e. The SMILES string of the molecule is N#Cc1cc(Nc2ccc([N+](=O)[O-])cc2N)ccc1F. The molecule has 0 unspecified atom stereocenters. The summed E-state index contributed by atoms with van der Waals surface area (Å²) in [5.74, 6) is -0.616. The number of non-ortho nitro benzene ring substituents is 1. The Hall–Kier alpha value is -3.14. The molecule has 0 amide bonds. The van der Waals surface area contributed by atoms with Crippen LogP contribution in [0, 0.1) is 27.3 Å². The first-order valence-corrected chi connectivity index (χ1v) is 5.52. The topological polar surface area (TPSA) is 105 Å². The maximum absolute atomic E-state index is 13.2. The third kappa shape index (κ3) is 2.64. The summed E-state index contributed by atoms with van der Waals surface area (Å²) in [5, 5.41) is 22.2. The minimum Gasteiger partial charge on any atom is -0.397 e. The summed E-state index contributed by atoms with van der Waals surface area (Å²) < 4.78 is 13.2. The highest BCUT2D eigenvalue weighted by atomic mass is 19.1. The Morgan fingerprint density at radius 3 is 2.65 bits per heavy atom. The van der Waals surface area contributed by atoms with Crippen molar-refractivity contribution in [1.29, 1.82) is 5.26 Å². The van der Waals surface area contributed by atoms with Gasteiger partial charge in [0.05, 0.1) is 21.9 Å². The fourth-order valence-corrected chi connectivity index (χ4v) is 1.62. The van der Waals surface area contributed by atoms with Gasteiger partial charge < -0.3 is 11.1 Å². The number of nitrogens with zero attached hydrogens (tertiary/aromatic N) is 2. The summed E-state index contributed by atoms with van der Waals surface area (Å²) in [6.07, 6.45) is 0. The van der Waals surface area contributed by atoms with Crippen LogP contribution in [0.3, 0.4) is 0 Å². The van der Waals surface area contributed by atoms with E-state index in [2.05, 4.69) is 5.32 Å². The van der Waals surface area contributed by atoms with Crippen LogP contribution >= 0.6 is 0 Å². The lowest BCUT2D eigenvalue weighted by atomic mass is 10.2. The highest BCUT2D eigenvalue weighted by molar-refractivity contribution is 5.75. The maximum atomic E-state index is 13.2. The van der Waals surface area contributed by atoms with E-state index in [9.17, 15) is 14.5 Å². The molecule has 7 heteroatoms. The van der Waals surface area contributed by atoms with Crippen LogP contribution in [-0.2, 0) is 0 Å². The van der Waals surface area contributed by atoms with Crippen molar-refractivity contribution in [3.05, 3.63) is 57.9 Å². The average molecular weight is 272 g/mol. The molecule has 3 N–H and O–H groups in total. The predicted octanol–water partition coefficient (Wildman–Crippen LogP) is 2.93. The zero-order valence-electron chi connectivity index (χ0n) is 10.1. The van der Waals surface area contributed by atoms with Crippen LogP contribution in [0.4, 0.5) is 27.1 Å². The van der Waals surface area contributed by atoms with Crippen molar-refractivity contribution < 1.29 is 9.31 Å². The molecule has 100 valence electrons. The molecule has 0 saturated heterocycles. The highest BCUT2D eigenvalue weighted by Crippen LogP contribution is 2.27. The Balaban J connectivity index is 2.31. The monoisotopic (exact) mass is 272 g/mol. The van der Waals surface area contributed by atoms with E-state index in [-0.39, 0.29) is 16.9 Å². The van der Waals surface area contributed by atoms with E-state index < -0.39 is 10.7 Å². The third-order valence-corrected chi connectivity index (χ3v) is 2.61. The van der Waals surface area contributed by atoms with E-state index in [4.69, 9.17) is 11.0 Å². The molecule has 20 heavy (non-hydrogen) atoms. The summed E-state index contributed by atoms with van der Waals surface area (Å²) in [7, 11) is 0. The van der Waals surface area contributed by atoms with Gasteiger partial charge in [-0.3, -0.25) is 10.1 Å². The van der Waals surface area contributed by atoms with Crippen molar-refractivity contribution in [2.75, 3.05) is 11.1 Å². The molecule has 0 bridgehead atoms. The Morgan fingerprint density at radius 1 is 1.30 bits per heavy atom. The van der Waals surface area contributed by atoms with Gasteiger partial charge in [0, 0.05) is 17.8 Å². The van der Waals surface area contributed by atoms with Crippen molar-refractivity contribution in [3.8, 4) is 6.07 Å². The van der Waals surface area contributed by atoms with Crippen LogP contribution in [0.1, 0.15) is 5.56 Å². The van der Waals surface area contributed by atoms with Gasteiger partial charge in [-0.1, -0.05) is 0 Å². The minimum atomic E-state index is -0.616. The third-order valence-electron chi connectivity index (χ3n) is 2.61. The molecule has 0 atom stereocenters. The van der Waals surface area contributed by atoms with Crippen LogP contribution in [0.25, 0.3) is 0 Å². The van der Waals surface area contributed by atoms with Crippen LogP contribution < -0.4 is 11.1 Å². The first-order valence-electron chi connectivity index (χ1n) is 5.52. The molecule has 0 saturated carbocycles. The lowest BCUT2D eigenvalue weighted by Crippen LogP contribution is -1.98. The summed E-state index contributed by atoms with van der Waals surface area (Å²) >= 11 is 0. The standard InChI is InChI=1S/C13H9FN4O2/c14-11-3-1-9(5-8(11)7-15)17-13-4-2-10(18(19)20)6-12(13)16/h1-6,17H,16H2. The lowest BCUT2D eigenvalue weighted by Gasteiger charge is -2.09. The first-order chi connectivity index (χ1) is 9.51. The number of benzene rings is 2. The zero-order valence-corrected chi connectivity index (χ0v) is 10.1. The Kier molecular flexibility index (Phi) is 3.48. The number of nitrogen functional groups attached to an aromatic ring is 1. The van der Waals surface area contributed by atoms with Gasteiger partial charge in [-0.25, -0.2) is 4.39 Å². The largest absolute Gasteiger partial charge is 0.397 e. The molecule has 2 rings (SSSR count). The van der Waals surface area contributed by atoms with Gasteiger partial charge in [0.2, 0.25) is 0 Å². The summed E-state index contributed by atoms with van der Waals surface area (Å²) in [4.78, 5) is 10.0. The van der Waals surface area contributed by atoms with Crippen molar-refractivity contribution in [2.24, 2.45) is 0 Å². The van der Waals surface area contributed by atoms with Gasteiger partial charge in [-0.05, 0) is 24.3 Å². The number of nitro benzene ring substituents is 1. The van der Waals surface area contributed by atoms with E-state index in [0.717, 1.165) is 6.07 Å². The number of rotatable bonds is 3. The van der Waals surface area contributed by atoms with Gasteiger partial charge >= 0.3 is 0 Å². The second-order valence-corrected chi connectivity index (χ2v) is 3.96. The van der Waals surface area contributed by atoms with E-state index in [1.807, 2.05) is 0 Å². The molecule has 0 aliphatic heterocycles. The van der Waals surface area contributed by atoms with Gasteiger partial charge in [0.1, 0.15) is 11.9 Å². The minimum absolute atomic E-state index is 0.101. The molecular weight excluding hydrogens is 263 g/mol. The molecular formula is C13H9FN4O2. The number of hydrogen-bond donors (Lipinski definition) is 2. The Bertz CT molecular complexity index is 725. The molecule has 2 aromatic rings. The second kappa shape index (κ2) is 5.24. The van der Waals surface area contributed by atoms with E-state index in [1.54, 1.807) is 6.07 Å². The van der Waals surface area contributed by atoms with Crippen LogP contribution in [0.2, 0.25) is 0 Å². The van der Waals surface area contributed by atoms with Crippen molar-refractivity contribution in [3.63, 3.8) is 0 Å². The number of hydrogen-bond acceptors (Lipinski definition) is 5. The number of anilines is 3. The highest BCUT2D eigenvalue weighted by Gasteiger charge is 2.09. The maximum Gasteiger partial charge on any atom is 0.271 e. The van der Waals surface area contributed by atoms with E-state index in [0.29, 0.717) is 11.4 Å². The fraction of sp³-hybridized carbons (Fsp3) is 0. The first kappa shape index (κ1) is 13.3. The molecule has 6 nitrogen and oxygen atoms in total. The summed E-state index contributed by atoms with van der Waals surface area (Å²) in [5.41, 5.74) is 6.56. The number of nitrogens with one attached hydrogen (secondary N) is 1. The fourth-order valence-electron chi connectivity index (χ4n) is 1.62. The van der Waals surface area contributed by atoms with E-state index >= 15 is 0 Å². The molecule has 0 aromatic heterocycles. The molecule has 0 heterocycles. The predicted molar refractivity (Wildman–Crippen MR) is 71.9 cm³/mol. The zero-order chi connectivity index (χ0) is 14.7. The quantitative estimate of drug-likeness (QED) is 0.507. The molecule has 0 spiro atoms. The normalized spacial score (nSPS) is 9.80. The molecule has 0 aliphatic carbocycles. The van der Waals surface area contributed by atoms with Gasteiger partial charge in [-0.15, -0.1) is 0 Å². The van der Waals surface area contributed by atoms with Crippen LogP contribution in [0.5, 0.6) is 0 Å². The van der Waals surface area contributed by atoms with Crippen molar-refractivity contribution in [2.45, 2.75) is 0 Å². The van der Waals surface area contributed by atoms with Crippen LogP contribution in [-0.4, -0.2) is 4.92 Å². The Labute approximate surface area is 113 Å². The van der Waals surface area contributed by atoms with Gasteiger partial charge in [0.25, 0.3) is 5.69 Å². The van der Waals surface area contributed by atoms with Crippen molar-refractivity contribution in [1.82, 2.24) is 0 Å². The molecule has 0 aliphatic rings. The van der Waals surface area contributed by atoms with Crippen molar-refractivity contribution >= 4 is 22.7 Å². The lowest BCUT2D eigenvalue weighted by molar-refractivity contribution is -0.384. The van der Waals surface area contributed by atoms with Crippen LogP contribution in [0.15, 0.2) is 36.4 Å². The summed E-state index contributed by atoms with van der Waals surface area (Å²) in [6.45, 7) is 0. The number of halogens is 1. The molecule has 0 fully saturated rings. The second-order valence-electron chi connectivity index (χ2n) is 3.96. The molecule has 0 radical (unpaired) electrons. The summed E-state index contributed by atoms with van der Waals surface area (Å²) in [6, 6.07) is 9.62. The van der Waals surface area contributed by atoms with Gasteiger partial charge in [0.15, 0.2) is 0 Å². The number of nitriles is 1. The number of nitro groups is 1. The average Bonchev–Trinajstić information content (AvgIpc) is 2.42. The Morgan fingerprint density at radius 2 is 2.05 bits per heavy atom. The molecule has 2 aromatic carbocycles. The number of nitrogens with two attached hydrogens (primary N) is 1. The van der Waals surface area contributed by atoms with Gasteiger partial charge in [-0.2, -0.15) is 5.26 Å².